The Bertz CT molecular complexity index is 701. The third-order valence-corrected chi connectivity index (χ3v) is 3.63. The first-order valence-corrected chi connectivity index (χ1v) is 7.03. The van der Waals surface area contributed by atoms with Crippen LogP contribution in [0.5, 0.6) is 0 Å². The van der Waals surface area contributed by atoms with Crippen molar-refractivity contribution < 1.29 is 0 Å². The fourth-order valence-electron chi connectivity index (χ4n) is 1.81. The van der Waals surface area contributed by atoms with Gasteiger partial charge in [-0.15, -0.1) is 11.3 Å². The second kappa shape index (κ2) is 5.22. The van der Waals surface area contributed by atoms with E-state index in [1.807, 2.05) is 53.9 Å². The molecule has 100 valence electrons. The summed E-state index contributed by atoms with van der Waals surface area (Å²) in [5, 5.41) is 6.13. The van der Waals surface area contributed by atoms with Gasteiger partial charge in [0.15, 0.2) is 5.13 Å². The van der Waals surface area contributed by atoms with Crippen LogP contribution in [-0.2, 0) is 0 Å². The molecule has 0 fully saturated rings. The van der Waals surface area contributed by atoms with E-state index in [0.717, 1.165) is 33.5 Å². The van der Waals surface area contributed by atoms with Crippen LogP contribution in [0.4, 0.5) is 22.2 Å². The van der Waals surface area contributed by atoms with E-state index in [1.54, 1.807) is 11.3 Å². The van der Waals surface area contributed by atoms with E-state index >= 15 is 0 Å². The lowest BCUT2D eigenvalue weighted by molar-refractivity contribution is 1.38. The third-order valence-electron chi connectivity index (χ3n) is 2.87. The zero-order chi connectivity index (χ0) is 13.9. The minimum atomic E-state index is 0.747. The standard InChI is InChI=1S/C15H14N4S/c16-11-3-1-10(2-4-11)14-9-20-15(19-14)18-13-7-5-12(17)6-8-13/h1-9H,16-17H2,(H,18,19). The summed E-state index contributed by atoms with van der Waals surface area (Å²) in [5.41, 5.74) is 15.8. The Morgan fingerprint density at radius 2 is 1.45 bits per heavy atom. The van der Waals surface area contributed by atoms with Gasteiger partial charge in [-0.1, -0.05) is 12.1 Å². The number of aromatic nitrogens is 1. The molecule has 3 rings (SSSR count). The molecule has 0 aliphatic rings. The van der Waals surface area contributed by atoms with Gasteiger partial charge in [0.2, 0.25) is 0 Å². The molecule has 0 aliphatic heterocycles. The van der Waals surface area contributed by atoms with Gasteiger partial charge in [-0.2, -0.15) is 0 Å². The Labute approximate surface area is 121 Å². The van der Waals surface area contributed by atoms with E-state index in [9.17, 15) is 0 Å². The van der Waals surface area contributed by atoms with Gasteiger partial charge in [0.1, 0.15) is 0 Å². The van der Waals surface area contributed by atoms with E-state index in [2.05, 4.69) is 10.3 Å². The van der Waals surface area contributed by atoms with Crippen LogP contribution in [0.1, 0.15) is 0 Å². The Morgan fingerprint density at radius 3 is 2.10 bits per heavy atom. The van der Waals surface area contributed by atoms with Crippen LogP contribution in [0.2, 0.25) is 0 Å². The predicted octanol–water partition coefficient (Wildman–Crippen LogP) is 3.72. The van der Waals surface area contributed by atoms with Gasteiger partial charge in [0.05, 0.1) is 5.69 Å². The molecule has 0 amide bonds. The summed E-state index contributed by atoms with van der Waals surface area (Å²) in [7, 11) is 0. The van der Waals surface area contributed by atoms with E-state index < -0.39 is 0 Å². The average Bonchev–Trinajstić information content (AvgIpc) is 2.91. The van der Waals surface area contributed by atoms with Crippen molar-refractivity contribution in [2.24, 2.45) is 0 Å². The Kier molecular flexibility index (Phi) is 3.26. The number of thiazole rings is 1. The highest BCUT2D eigenvalue weighted by Gasteiger charge is 2.04. The summed E-state index contributed by atoms with van der Waals surface area (Å²) in [6.07, 6.45) is 0. The number of anilines is 4. The zero-order valence-electron chi connectivity index (χ0n) is 10.7. The SMILES string of the molecule is Nc1ccc(Nc2nc(-c3ccc(N)cc3)cs2)cc1. The largest absolute Gasteiger partial charge is 0.399 e. The second-order valence-electron chi connectivity index (χ2n) is 4.41. The van der Waals surface area contributed by atoms with Crippen LogP contribution in [0.15, 0.2) is 53.9 Å². The number of nitrogens with zero attached hydrogens (tertiary/aromatic N) is 1. The highest BCUT2D eigenvalue weighted by molar-refractivity contribution is 7.14. The van der Waals surface area contributed by atoms with Crippen LogP contribution < -0.4 is 16.8 Å². The molecule has 0 unspecified atom stereocenters. The van der Waals surface area contributed by atoms with Crippen molar-refractivity contribution in [1.82, 2.24) is 4.98 Å². The molecule has 0 saturated carbocycles. The quantitative estimate of drug-likeness (QED) is 0.640. The van der Waals surface area contributed by atoms with Crippen LogP contribution in [0, 0.1) is 0 Å². The molecule has 4 nitrogen and oxygen atoms in total. The average molecular weight is 282 g/mol. The smallest absolute Gasteiger partial charge is 0.187 e. The normalized spacial score (nSPS) is 10.4. The van der Waals surface area contributed by atoms with Crippen LogP contribution >= 0.6 is 11.3 Å². The molecule has 0 spiro atoms. The first-order chi connectivity index (χ1) is 9.70. The number of nitrogens with two attached hydrogens (primary N) is 2. The fourth-order valence-corrected chi connectivity index (χ4v) is 2.55. The first kappa shape index (κ1) is 12.5. The van der Waals surface area contributed by atoms with Crippen molar-refractivity contribution in [3.8, 4) is 11.3 Å². The number of nitrogen functional groups attached to an aromatic ring is 2. The summed E-state index contributed by atoms with van der Waals surface area (Å²) in [6, 6.07) is 15.3. The number of rotatable bonds is 3. The van der Waals surface area contributed by atoms with Crippen molar-refractivity contribution in [1.29, 1.82) is 0 Å². The number of nitrogens with one attached hydrogen (secondary N) is 1. The second-order valence-corrected chi connectivity index (χ2v) is 5.27. The van der Waals surface area contributed by atoms with Gasteiger partial charge < -0.3 is 16.8 Å². The van der Waals surface area contributed by atoms with Gasteiger partial charge in [0.25, 0.3) is 0 Å². The molecule has 0 saturated heterocycles. The van der Waals surface area contributed by atoms with Gasteiger partial charge in [0, 0.05) is 28.0 Å². The van der Waals surface area contributed by atoms with Gasteiger partial charge in [-0.05, 0) is 36.4 Å². The fraction of sp³-hybridized carbons (Fsp3) is 0. The molecule has 0 radical (unpaired) electrons. The number of hydrogen-bond donors (Lipinski definition) is 3. The van der Waals surface area contributed by atoms with Crippen LogP contribution in [-0.4, -0.2) is 4.98 Å². The molecule has 3 aromatic rings. The summed E-state index contributed by atoms with van der Waals surface area (Å²) < 4.78 is 0. The van der Waals surface area contributed by atoms with E-state index in [1.165, 1.54) is 0 Å². The lowest BCUT2D eigenvalue weighted by Crippen LogP contribution is -1.90. The molecule has 0 aliphatic carbocycles. The summed E-state index contributed by atoms with van der Waals surface area (Å²) >= 11 is 1.56. The summed E-state index contributed by atoms with van der Waals surface area (Å²) in [4.78, 5) is 4.56. The van der Waals surface area contributed by atoms with Crippen molar-refractivity contribution in [2.75, 3.05) is 16.8 Å². The predicted molar refractivity (Wildman–Crippen MR) is 86.1 cm³/mol. The van der Waals surface area contributed by atoms with E-state index in [4.69, 9.17) is 11.5 Å². The highest BCUT2D eigenvalue weighted by atomic mass is 32.1. The Morgan fingerprint density at radius 1 is 0.850 bits per heavy atom. The van der Waals surface area contributed by atoms with Crippen molar-refractivity contribution in [2.45, 2.75) is 0 Å². The zero-order valence-corrected chi connectivity index (χ0v) is 11.5. The highest BCUT2D eigenvalue weighted by Crippen LogP contribution is 2.27. The van der Waals surface area contributed by atoms with E-state index in [0.29, 0.717) is 0 Å². The lowest BCUT2D eigenvalue weighted by Gasteiger charge is -2.02. The minimum Gasteiger partial charge on any atom is -0.399 e. The maximum absolute atomic E-state index is 5.68. The Balaban J connectivity index is 1.80. The maximum Gasteiger partial charge on any atom is 0.187 e. The molecule has 0 atom stereocenters. The molecular weight excluding hydrogens is 268 g/mol. The van der Waals surface area contributed by atoms with Gasteiger partial charge in [-0.25, -0.2) is 4.98 Å². The lowest BCUT2D eigenvalue weighted by atomic mass is 10.1. The van der Waals surface area contributed by atoms with Crippen LogP contribution in [0.25, 0.3) is 11.3 Å². The molecule has 5 heteroatoms. The van der Waals surface area contributed by atoms with Gasteiger partial charge >= 0.3 is 0 Å². The van der Waals surface area contributed by atoms with Gasteiger partial charge in [-0.3, -0.25) is 0 Å². The maximum atomic E-state index is 5.68. The molecular formula is C15H14N4S. The molecule has 2 aromatic carbocycles. The van der Waals surface area contributed by atoms with Crippen LogP contribution in [0.3, 0.4) is 0 Å². The molecule has 1 aromatic heterocycles. The molecule has 0 bridgehead atoms. The topological polar surface area (TPSA) is 77.0 Å². The number of hydrogen-bond acceptors (Lipinski definition) is 5. The van der Waals surface area contributed by atoms with Crippen molar-refractivity contribution in [3.63, 3.8) is 0 Å². The number of benzene rings is 2. The minimum absolute atomic E-state index is 0.747. The monoisotopic (exact) mass is 282 g/mol. The van der Waals surface area contributed by atoms with Crippen molar-refractivity contribution >= 4 is 33.5 Å². The molecule has 1 heterocycles. The van der Waals surface area contributed by atoms with Crippen molar-refractivity contribution in [3.05, 3.63) is 53.9 Å². The summed E-state index contributed by atoms with van der Waals surface area (Å²) in [6.45, 7) is 0. The molecule has 5 N–H and O–H groups in total. The third kappa shape index (κ3) is 2.73. The molecule has 20 heavy (non-hydrogen) atoms. The Hall–Kier alpha value is -2.53. The first-order valence-electron chi connectivity index (χ1n) is 6.15. The summed E-state index contributed by atoms with van der Waals surface area (Å²) in [5.74, 6) is 0. The van der Waals surface area contributed by atoms with E-state index in [-0.39, 0.29) is 0 Å².